The Hall–Kier alpha value is -2.44. The van der Waals surface area contributed by atoms with Gasteiger partial charge in [-0.15, -0.1) is 11.3 Å². The van der Waals surface area contributed by atoms with Crippen molar-refractivity contribution in [3.63, 3.8) is 0 Å². The van der Waals surface area contributed by atoms with Crippen molar-refractivity contribution in [3.05, 3.63) is 70.4 Å². The molecule has 1 aromatic heterocycles. The van der Waals surface area contributed by atoms with Gasteiger partial charge < -0.3 is 9.64 Å². The van der Waals surface area contributed by atoms with E-state index in [2.05, 4.69) is 4.98 Å². The average Bonchev–Trinajstić information content (AvgIpc) is 3.11. The van der Waals surface area contributed by atoms with Crippen LogP contribution in [0.1, 0.15) is 5.69 Å². The number of amides is 1. The second-order valence-electron chi connectivity index (χ2n) is 5.92. The highest BCUT2D eigenvalue weighted by Gasteiger charge is 2.14. The van der Waals surface area contributed by atoms with Gasteiger partial charge in [0.05, 0.1) is 23.7 Å². The molecule has 0 bridgehead atoms. The van der Waals surface area contributed by atoms with E-state index < -0.39 is 0 Å². The Bertz CT molecular complexity index is 914. The predicted molar refractivity (Wildman–Crippen MR) is 106 cm³/mol. The molecule has 0 unspecified atom stereocenters. The minimum Gasteiger partial charge on any atom is -0.492 e. The number of thiazole rings is 1. The number of likely N-dealkylation sites (N-methyl/N-ethyl adjacent to an activating group) is 1. The van der Waals surface area contributed by atoms with E-state index in [1.807, 2.05) is 29.6 Å². The number of aromatic nitrogens is 1. The SMILES string of the molecule is CN(CCOc1ccc(F)cc1)C(=O)Cc1csc(-c2ccccc2Cl)n1. The topological polar surface area (TPSA) is 42.4 Å². The number of rotatable bonds is 7. The van der Waals surface area contributed by atoms with Crippen molar-refractivity contribution >= 4 is 28.8 Å². The Morgan fingerprint density at radius 2 is 1.96 bits per heavy atom. The van der Waals surface area contributed by atoms with Gasteiger partial charge >= 0.3 is 0 Å². The minimum absolute atomic E-state index is 0.0475. The zero-order chi connectivity index (χ0) is 19.2. The number of nitrogens with zero attached hydrogens (tertiary/aromatic N) is 2. The third-order valence-corrected chi connectivity index (χ3v) is 5.18. The largest absolute Gasteiger partial charge is 0.492 e. The molecule has 4 nitrogen and oxygen atoms in total. The van der Waals surface area contributed by atoms with Crippen molar-refractivity contribution in [2.75, 3.05) is 20.2 Å². The Balaban J connectivity index is 1.51. The maximum Gasteiger partial charge on any atom is 0.228 e. The number of hydrogen-bond donors (Lipinski definition) is 0. The van der Waals surface area contributed by atoms with E-state index in [1.165, 1.54) is 23.5 Å². The molecule has 0 spiro atoms. The normalized spacial score (nSPS) is 10.6. The van der Waals surface area contributed by atoms with Gasteiger partial charge in [0, 0.05) is 18.0 Å². The monoisotopic (exact) mass is 404 g/mol. The fourth-order valence-electron chi connectivity index (χ4n) is 2.39. The second kappa shape index (κ2) is 8.97. The lowest BCUT2D eigenvalue weighted by atomic mass is 10.2. The fourth-order valence-corrected chi connectivity index (χ4v) is 3.53. The molecule has 0 fully saturated rings. The Morgan fingerprint density at radius 3 is 2.70 bits per heavy atom. The summed E-state index contributed by atoms with van der Waals surface area (Å²) in [5.74, 6) is 0.212. The molecule has 0 radical (unpaired) electrons. The van der Waals surface area contributed by atoms with Gasteiger partial charge in [-0.05, 0) is 30.3 Å². The molecule has 3 aromatic rings. The van der Waals surface area contributed by atoms with Gasteiger partial charge in [0.1, 0.15) is 23.2 Å². The van der Waals surface area contributed by atoms with Gasteiger partial charge in [0.2, 0.25) is 5.91 Å². The summed E-state index contributed by atoms with van der Waals surface area (Å²) in [5, 5.41) is 3.31. The third-order valence-electron chi connectivity index (χ3n) is 3.92. The van der Waals surface area contributed by atoms with Crippen LogP contribution in [0.25, 0.3) is 10.6 Å². The Labute approximate surface area is 166 Å². The molecule has 3 rings (SSSR count). The molecule has 0 aliphatic carbocycles. The van der Waals surface area contributed by atoms with E-state index in [0.29, 0.717) is 29.6 Å². The molecule has 2 aromatic carbocycles. The van der Waals surface area contributed by atoms with Gasteiger partial charge in [-0.3, -0.25) is 4.79 Å². The van der Waals surface area contributed by atoms with Crippen LogP contribution in [0.5, 0.6) is 5.75 Å². The summed E-state index contributed by atoms with van der Waals surface area (Å²) < 4.78 is 18.4. The van der Waals surface area contributed by atoms with Gasteiger partial charge in [0.15, 0.2) is 0 Å². The Morgan fingerprint density at radius 1 is 1.22 bits per heavy atom. The zero-order valence-electron chi connectivity index (χ0n) is 14.7. The fraction of sp³-hybridized carbons (Fsp3) is 0.200. The number of carbonyl (C=O) groups is 1. The molecular weight excluding hydrogens is 387 g/mol. The van der Waals surface area contributed by atoms with Gasteiger partial charge in [-0.1, -0.05) is 29.8 Å². The van der Waals surface area contributed by atoms with Crippen molar-refractivity contribution < 1.29 is 13.9 Å². The highest BCUT2D eigenvalue weighted by molar-refractivity contribution is 7.13. The maximum atomic E-state index is 12.9. The van der Waals surface area contributed by atoms with Crippen LogP contribution in [0.4, 0.5) is 4.39 Å². The number of carbonyl (C=O) groups excluding carboxylic acids is 1. The zero-order valence-corrected chi connectivity index (χ0v) is 16.3. The molecule has 0 saturated heterocycles. The summed E-state index contributed by atoms with van der Waals surface area (Å²) in [6, 6.07) is 13.3. The average molecular weight is 405 g/mol. The van der Waals surface area contributed by atoms with Crippen LogP contribution >= 0.6 is 22.9 Å². The summed E-state index contributed by atoms with van der Waals surface area (Å²) >= 11 is 7.66. The summed E-state index contributed by atoms with van der Waals surface area (Å²) in [5.41, 5.74) is 1.58. The molecule has 27 heavy (non-hydrogen) atoms. The highest BCUT2D eigenvalue weighted by Crippen LogP contribution is 2.30. The van der Waals surface area contributed by atoms with Crippen molar-refractivity contribution in [2.24, 2.45) is 0 Å². The summed E-state index contributed by atoms with van der Waals surface area (Å²) in [7, 11) is 1.72. The van der Waals surface area contributed by atoms with Gasteiger partial charge in [0.25, 0.3) is 0 Å². The van der Waals surface area contributed by atoms with Crippen molar-refractivity contribution in [1.29, 1.82) is 0 Å². The molecule has 0 N–H and O–H groups in total. The number of ether oxygens (including phenoxy) is 1. The predicted octanol–water partition coefficient (Wildman–Crippen LogP) is 4.68. The van der Waals surface area contributed by atoms with Crippen molar-refractivity contribution in [3.8, 4) is 16.3 Å². The van der Waals surface area contributed by atoms with Crippen LogP contribution in [0.15, 0.2) is 53.9 Å². The third kappa shape index (κ3) is 5.28. The van der Waals surface area contributed by atoms with Crippen LogP contribution in [0.3, 0.4) is 0 Å². The number of benzene rings is 2. The molecule has 0 aliphatic rings. The van der Waals surface area contributed by atoms with E-state index in [1.54, 1.807) is 24.1 Å². The first kappa shape index (κ1) is 19.3. The smallest absolute Gasteiger partial charge is 0.228 e. The Kier molecular flexibility index (Phi) is 6.42. The van der Waals surface area contributed by atoms with Gasteiger partial charge in [-0.25, -0.2) is 9.37 Å². The van der Waals surface area contributed by atoms with Crippen molar-refractivity contribution in [1.82, 2.24) is 9.88 Å². The van der Waals surface area contributed by atoms with E-state index >= 15 is 0 Å². The molecular formula is C20H18ClFN2O2S. The lowest BCUT2D eigenvalue weighted by Crippen LogP contribution is -2.32. The van der Waals surface area contributed by atoms with Gasteiger partial charge in [-0.2, -0.15) is 0 Å². The molecule has 7 heteroatoms. The van der Waals surface area contributed by atoms with Crippen LogP contribution in [0, 0.1) is 5.82 Å². The summed E-state index contributed by atoms with van der Waals surface area (Å²) in [4.78, 5) is 18.5. The lowest BCUT2D eigenvalue weighted by molar-refractivity contribution is -0.129. The molecule has 1 amide bonds. The first-order chi connectivity index (χ1) is 13.0. The lowest BCUT2D eigenvalue weighted by Gasteiger charge is -2.17. The molecule has 0 atom stereocenters. The summed E-state index contributed by atoms with van der Waals surface area (Å²) in [6.07, 6.45) is 0.216. The van der Waals surface area contributed by atoms with Crippen LogP contribution in [-0.2, 0) is 11.2 Å². The van der Waals surface area contributed by atoms with Crippen LogP contribution in [0.2, 0.25) is 5.02 Å². The number of halogens is 2. The quantitative estimate of drug-likeness (QED) is 0.574. The summed E-state index contributed by atoms with van der Waals surface area (Å²) in [6.45, 7) is 0.757. The highest BCUT2D eigenvalue weighted by atomic mass is 35.5. The van der Waals surface area contributed by atoms with E-state index in [0.717, 1.165) is 10.6 Å². The number of hydrogen-bond acceptors (Lipinski definition) is 4. The minimum atomic E-state index is -0.311. The van der Waals surface area contributed by atoms with Crippen LogP contribution in [-0.4, -0.2) is 36.0 Å². The molecule has 0 saturated carbocycles. The molecule has 1 heterocycles. The van der Waals surface area contributed by atoms with Crippen molar-refractivity contribution in [2.45, 2.75) is 6.42 Å². The molecule has 0 aliphatic heterocycles. The first-order valence-electron chi connectivity index (χ1n) is 8.34. The maximum absolute atomic E-state index is 12.9. The van der Waals surface area contributed by atoms with E-state index in [4.69, 9.17) is 16.3 Å². The first-order valence-corrected chi connectivity index (χ1v) is 9.60. The standard InChI is InChI=1S/C20H18ClFN2O2S/c1-24(10-11-26-16-8-6-14(22)7-9-16)19(25)12-15-13-27-20(23-15)17-4-2-3-5-18(17)21/h2-9,13H,10-12H2,1H3. The van der Waals surface area contributed by atoms with E-state index in [-0.39, 0.29) is 18.1 Å². The van der Waals surface area contributed by atoms with Crippen LogP contribution < -0.4 is 4.74 Å². The second-order valence-corrected chi connectivity index (χ2v) is 7.18. The van der Waals surface area contributed by atoms with E-state index in [9.17, 15) is 9.18 Å². The molecule has 140 valence electrons.